The summed E-state index contributed by atoms with van der Waals surface area (Å²) in [6.07, 6.45) is 0. The third kappa shape index (κ3) is 4.13. The number of ether oxygens (including phenoxy) is 2. The molecule has 2 amide bonds. The summed E-state index contributed by atoms with van der Waals surface area (Å²) in [5.74, 6) is -0.781. The van der Waals surface area contributed by atoms with Crippen LogP contribution in [0.3, 0.4) is 0 Å². The predicted octanol–water partition coefficient (Wildman–Crippen LogP) is 1.98. The van der Waals surface area contributed by atoms with Gasteiger partial charge in [0.1, 0.15) is 12.4 Å². The minimum absolute atomic E-state index is 0.170. The third-order valence-corrected chi connectivity index (χ3v) is 4.24. The number of aromatic nitrogens is 1. The highest BCUT2D eigenvalue weighted by Crippen LogP contribution is 2.36. The number of nitrogens with zero attached hydrogens (tertiary/aromatic N) is 2. The Kier molecular flexibility index (Phi) is 5.40. The number of hydrogen-bond acceptors (Lipinski definition) is 7. The standard InChI is InChI=1S/C20H22N4O5/c1-4-28-18(26)12-7-5-6-8-13(12)22-16(25)11-24-17-14(9-10-15(21)23-17)29-20(2,3)19(24)27/h5-10H,4,11H2,1-3H3,(H2,21,23)(H,22,25). The molecule has 3 N–H and O–H groups in total. The maximum atomic E-state index is 12.8. The number of benzene rings is 1. The van der Waals surface area contributed by atoms with Crippen molar-refractivity contribution < 1.29 is 23.9 Å². The van der Waals surface area contributed by atoms with E-state index in [1.165, 1.54) is 4.90 Å². The lowest BCUT2D eigenvalue weighted by Gasteiger charge is -2.37. The number of pyridine rings is 1. The van der Waals surface area contributed by atoms with Gasteiger partial charge in [0, 0.05) is 0 Å². The van der Waals surface area contributed by atoms with Crippen LogP contribution >= 0.6 is 0 Å². The van der Waals surface area contributed by atoms with Crippen LogP contribution in [0.15, 0.2) is 36.4 Å². The summed E-state index contributed by atoms with van der Waals surface area (Å²) >= 11 is 0. The molecular formula is C20H22N4O5. The van der Waals surface area contributed by atoms with Gasteiger partial charge in [-0.1, -0.05) is 12.1 Å². The molecule has 0 bridgehead atoms. The molecule has 0 radical (unpaired) electrons. The summed E-state index contributed by atoms with van der Waals surface area (Å²) in [4.78, 5) is 43.0. The average Bonchev–Trinajstić information content (AvgIpc) is 2.66. The zero-order chi connectivity index (χ0) is 21.2. The fraction of sp³-hybridized carbons (Fsp3) is 0.300. The van der Waals surface area contributed by atoms with Crippen molar-refractivity contribution in [2.75, 3.05) is 29.1 Å². The first-order valence-corrected chi connectivity index (χ1v) is 9.06. The number of para-hydroxylation sites is 1. The van der Waals surface area contributed by atoms with Crippen molar-refractivity contribution in [3.05, 3.63) is 42.0 Å². The van der Waals surface area contributed by atoms with Gasteiger partial charge in [0.2, 0.25) is 5.91 Å². The van der Waals surface area contributed by atoms with Crippen molar-refractivity contribution in [3.63, 3.8) is 0 Å². The molecule has 9 nitrogen and oxygen atoms in total. The number of rotatable bonds is 5. The van der Waals surface area contributed by atoms with E-state index < -0.39 is 23.4 Å². The molecule has 0 saturated carbocycles. The second-order valence-corrected chi connectivity index (χ2v) is 6.88. The van der Waals surface area contributed by atoms with E-state index in [0.717, 1.165) is 0 Å². The molecule has 0 saturated heterocycles. The molecule has 1 aromatic carbocycles. The Balaban J connectivity index is 1.85. The summed E-state index contributed by atoms with van der Waals surface area (Å²) < 4.78 is 10.7. The van der Waals surface area contributed by atoms with E-state index in [1.807, 2.05) is 0 Å². The Hall–Kier alpha value is -3.62. The third-order valence-electron chi connectivity index (χ3n) is 4.24. The van der Waals surface area contributed by atoms with Crippen LogP contribution in [0, 0.1) is 0 Å². The van der Waals surface area contributed by atoms with Crippen molar-refractivity contribution in [2.24, 2.45) is 0 Å². The summed E-state index contributed by atoms with van der Waals surface area (Å²) in [7, 11) is 0. The average molecular weight is 398 g/mol. The van der Waals surface area contributed by atoms with Crippen LogP contribution in [0.1, 0.15) is 31.1 Å². The van der Waals surface area contributed by atoms with Gasteiger partial charge in [0.05, 0.1) is 17.9 Å². The van der Waals surface area contributed by atoms with Crippen molar-refractivity contribution >= 4 is 35.1 Å². The van der Waals surface area contributed by atoms with E-state index in [0.29, 0.717) is 5.75 Å². The first-order chi connectivity index (χ1) is 13.7. The zero-order valence-corrected chi connectivity index (χ0v) is 16.4. The fourth-order valence-corrected chi connectivity index (χ4v) is 2.92. The molecule has 0 spiro atoms. The molecule has 0 unspecified atom stereocenters. The number of esters is 1. The largest absolute Gasteiger partial charge is 0.474 e. The zero-order valence-electron chi connectivity index (χ0n) is 16.4. The lowest BCUT2D eigenvalue weighted by atomic mass is 10.1. The number of carbonyl (C=O) groups excluding carboxylic acids is 3. The minimum atomic E-state index is -1.17. The quantitative estimate of drug-likeness (QED) is 0.738. The van der Waals surface area contributed by atoms with E-state index in [-0.39, 0.29) is 36.0 Å². The summed E-state index contributed by atoms with van der Waals surface area (Å²) in [6.45, 7) is 4.79. The lowest BCUT2D eigenvalue weighted by molar-refractivity contribution is -0.133. The van der Waals surface area contributed by atoms with E-state index in [1.54, 1.807) is 57.2 Å². The van der Waals surface area contributed by atoms with E-state index in [9.17, 15) is 14.4 Å². The van der Waals surface area contributed by atoms with Gasteiger partial charge in [-0.15, -0.1) is 0 Å². The smallest absolute Gasteiger partial charge is 0.340 e. The second-order valence-electron chi connectivity index (χ2n) is 6.88. The number of amides is 2. The Morgan fingerprint density at radius 3 is 2.69 bits per heavy atom. The second kappa shape index (κ2) is 7.78. The van der Waals surface area contributed by atoms with E-state index >= 15 is 0 Å². The molecule has 2 aromatic rings. The van der Waals surface area contributed by atoms with Crippen molar-refractivity contribution in [1.29, 1.82) is 0 Å². The van der Waals surface area contributed by atoms with Gasteiger partial charge >= 0.3 is 5.97 Å². The Labute approximate surface area is 167 Å². The molecule has 1 aromatic heterocycles. The predicted molar refractivity (Wildman–Crippen MR) is 107 cm³/mol. The van der Waals surface area contributed by atoms with Crippen LogP contribution in [0.4, 0.5) is 17.3 Å². The topological polar surface area (TPSA) is 124 Å². The molecule has 29 heavy (non-hydrogen) atoms. The van der Waals surface area contributed by atoms with Crippen LogP contribution in [-0.2, 0) is 14.3 Å². The van der Waals surface area contributed by atoms with Crippen LogP contribution in [0.5, 0.6) is 5.75 Å². The fourth-order valence-electron chi connectivity index (χ4n) is 2.92. The molecule has 2 heterocycles. The van der Waals surface area contributed by atoms with Gasteiger partial charge in [0.15, 0.2) is 17.2 Å². The highest BCUT2D eigenvalue weighted by Gasteiger charge is 2.42. The first kappa shape index (κ1) is 20.1. The molecule has 1 aliphatic heterocycles. The Morgan fingerprint density at radius 1 is 1.24 bits per heavy atom. The van der Waals surface area contributed by atoms with Crippen LogP contribution in [0.2, 0.25) is 0 Å². The molecule has 0 aliphatic carbocycles. The van der Waals surface area contributed by atoms with Gasteiger partial charge in [0.25, 0.3) is 5.91 Å². The molecule has 152 valence electrons. The van der Waals surface area contributed by atoms with Crippen molar-refractivity contribution in [3.8, 4) is 5.75 Å². The number of nitrogens with two attached hydrogens (primary N) is 1. The van der Waals surface area contributed by atoms with E-state index in [2.05, 4.69) is 10.3 Å². The molecule has 9 heteroatoms. The first-order valence-electron chi connectivity index (χ1n) is 9.06. The Bertz CT molecular complexity index is 973. The SMILES string of the molecule is CCOC(=O)c1ccccc1NC(=O)CN1C(=O)C(C)(C)Oc2ccc(N)nc21. The van der Waals surface area contributed by atoms with Gasteiger partial charge in [-0.05, 0) is 45.0 Å². The molecular weight excluding hydrogens is 376 g/mol. The number of carbonyl (C=O) groups is 3. The molecule has 3 rings (SSSR count). The van der Waals surface area contributed by atoms with Crippen LogP contribution in [0.25, 0.3) is 0 Å². The maximum Gasteiger partial charge on any atom is 0.340 e. The normalized spacial score (nSPS) is 14.6. The lowest BCUT2D eigenvalue weighted by Crippen LogP contribution is -2.54. The van der Waals surface area contributed by atoms with Crippen molar-refractivity contribution in [2.45, 2.75) is 26.4 Å². The number of hydrogen-bond donors (Lipinski definition) is 2. The summed E-state index contributed by atoms with van der Waals surface area (Å²) in [5.41, 5.74) is 5.07. The number of nitrogens with one attached hydrogen (secondary N) is 1. The number of fused-ring (bicyclic) bond motifs is 1. The van der Waals surface area contributed by atoms with Gasteiger partial charge in [-0.25, -0.2) is 9.78 Å². The highest BCUT2D eigenvalue weighted by atomic mass is 16.5. The molecule has 1 aliphatic rings. The Morgan fingerprint density at radius 2 is 1.97 bits per heavy atom. The van der Waals surface area contributed by atoms with Crippen LogP contribution < -0.4 is 20.7 Å². The molecule has 0 atom stereocenters. The highest BCUT2D eigenvalue weighted by molar-refractivity contribution is 6.08. The van der Waals surface area contributed by atoms with E-state index in [4.69, 9.17) is 15.2 Å². The van der Waals surface area contributed by atoms with Crippen molar-refractivity contribution in [1.82, 2.24) is 4.98 Å². The maximum absolute atomic E-state index is 12.8. The number of nitrogen functional groups attached to an aromatic ring is 1. The van der Waals surface area contributed by atoms with Crippen LogP contribution in [-0.4, -0.2) is 41.5 Å². The van der Waals surface area contributed by atoms with Gasteiger partial charge in [-0.3, -0.25) is 14.5 Å². The van der Waals surface area contributed by atoms with Gasteiger partial charge in [-0.2, -0.15) is 0 Å². The summed E-state index contributed by atoms with van der Waals surface area (Å²) in [5, 5.41) is 2.66. The summed E-state index contributed by atoms with van der Waals surface area (Å²) in [6, 6.07) is 9.64. The monoisotopic (exact) mass is 398 g/mol. The number of anilines is 3. The minimum Gasteiger partial charge on any atom is -0.474 e. The molecule has 0 fully saturated rings. The van der Waals surface area contributed by atoms with Gasteiger partial charge < -0.3 is 20.5 Å².